The van der Waals surface area contributed by atoms with Crippen molar-refractivity contribution < 1.29 is 18.0 Å². The molecule has 0 atom stereocenters. The van der Waals surface area contributed by atoms with Crippen molar-refractivity contribution in [1.82, 2.24) is 19.7 Å². The molecule has 1 aliphatic heterocycles. The summed E-state index contributed by atoms with van der Waals surface area (Å²) in [6, 6.07) is 17.0. The van der Waals surface area contributed by atoms with E-state index in [1.165, 1.54) is 34.5 Å². The molecule has 0 radical (unpaired) electrons. The Kier molecular flexibility index (Phi) is 5.59. The lowest BCUT2D eigenvalue weighted by molar-refractivity contribution is -0.137. The van der Waals surface area contributed by atoms with E-state index in [9.17, 15) is 18.0 Å². The maximum absolute atomic E-state index is 13.7. The first-order valence-corrected chi connectivity index (χ1v) is 11.2. The first-order valence-electron chi connectivity index (χ1n) is 11.2. The summed E-state index contributed by atoms with van der Waals surface area (Å²) in [4.78, 5) is 19.8. The van der Waals surface area contributed by atoms with E-state index in [1.807, 2.05) is 18.2 Å². The Labute approximate surface area is 194 Å². The number of aromatic nitrogens is 3. The van der Waals surface area contributed by atoms with Crippen LogP contribution in [0.3, 0.4) is 0 Å². The van der Waals surface area contributed by atoms with Crippen LogP contribution in [-0.2, 0) is 13.2 Å². The summed E-state index contributed by atoms with van der Waals surface area (Å²) in [5, 5.41) is 4.74. The van der Waals surface area contributed by atoms with Crippen molar-refractivity contribution in [2.24, 2.45) is 7.05 Å². The molecule has 0 unspecified atom stereocenters. The second-order valence-corrected chi connectivity index (χ2v) is 8.58. The molecule has 8 heteroatoms. The Morgan fingerprint density at radius 2 is 1.68 bits per heavy atom. The normalized spacial score (nSPS) is 15.1. The van der Waals surface area contributed by atoms with E-state index in [1.54, 1.807) is 18.1 Å². The number of nitrogens with zero attached hydrogens (tertiary/aromatic N) is 4. The summed E-state index contributed by atoms with van der Waals surface area (Å²) in [6.07, 6.45) is -1.32. The van der Waals surface area contributed by atoms with Crippen LogP contribution in [0.2, 0.25) is 0 Å². The quantitative estimate of drug-likeness (QED) is 0.392. The Morgan fingerprint density at radius 3 is 2.38 bits per heavy atom. The number of benzene rings is 2. The van der Waals surface area contributed by atoms with Crippen molar-refractivity contribution in [3.63, 3.8) is 0 Å². The fourth-order valence-corrected chi connectivity index (χ4v) is 4.69. The minimum absolute atomic E-state index is 0.0602. The first-order chi connectivity index (χ1) is 16.3. The number of aryl methyl sites for hydroxylation is 1. The van der Waals surface area contributed by atoms with Gasteiger partial charge in [0.05, 0.1) is 28.4 Å². The number of pyridine rings is 1. The Hall–Kier alpha value is -3.68. The third-order valence-electron chi connectivity index (χ3n) is 6.50. The fourth-order valence-electron chi connectivity index (χ4n) is 4.69. The van der Waals surface area contributed by atoms with Crippen LogP contribution < -0.4 is 0 Å². The molecule has 174 valence electrons. The number of amides is 1. The second kappa shape index (κ2) is 8.59. The van der Waals surface area contributed by atoms with Crippen LogP contribution >= 0.6 is 0 Å². The zero-order valence-corrected chi connectivity index (χ0v) is 18.6. The molecule has 0 saturated carbocycles. The van der Waals surface area contributed by atoms with Crippen LogP contribution in [0.25, 0.3) is 22.3 Å². The number of alkyl halides is 3. The smallest absolute Gasteiger partial charge is 0.339 e. The summed E-state index contributed by atoms with van der Waals surface area (Å²) < 4.78 is 42.5. The highest BCUT2D eigenvalue weighted by Crippen LogP contribution is 2.37. The molecule has 34 heavy (non-hydrogen) atoms. The minimum atomic E-state index is -4.54. The SMILES string of the molecule is Cn1ncc2c(C(=O)N3CCC(c4ccccc4)CC3)cc(-c3ccccc3C(F)(F)F)nc21. The number of carbonyl (C=O) groups is 1. The van der Waals surface area contributed by atoms with Crippen LogP contribution in [0.5, 0.6) is 0 Å². The maximum Gasteiger partial charge on any atom is 0.417 e. The molecule has 5 rings (SSSR count). The van der Waals surface area contributed by atoms with Crippen molar-refractivity contribution in [3.8, 4) is 11.3 Å². The predicted octanol–water partition coefficient (Wildman–Crippen LogP) is 5.67. The zero-order chi connectivity index (χ0) is 23.9. The van der Waals surface area contributed by atoms with Gasteiger partial charge in [0, 0.05) is 25.7 Å². The molecular weight excluding hydrogens is 441 g/mol. The van der Waals surface area contributed by atoms with Crippen LogP contribution in [-0.4, -0.2) is 38.7 Å². The lowest BCUT2D eigenvalue weighted by Gasteiger charge is -2.32. The van der Waals surface area contributed by atoms with E-state index >= 15 is 0 Å². The third-order valence-corrected chi connectivity index (χ3v) is 6.50. The summed E-state index contributed by atoms with van der Waals surface area (Å²) in [6.45, 7) is 1.16. The monoisotopic (exact) mass is 464 g/mol. The molecule has 2 aromatic carbocycles. The summed E-state index contributed by atoms with van der Waals surface area (Å²) in [5.74, 6) is 0.174. The molecule has 0 aliphatic carbocycles. The molecule has 3 heterocycles. The van der Waals surface area contributed by atoms with E-state index in [-0.39, 0.29) is 17.2 Å². The van der Waals surface area contributed by atoms with Gasteiger partial charge in [0.25, 0.3) is 5.91 Å². The van der Waals surface area contributed by atoms with Crippen molar-refractivity contribution in [3.05, 3.63) is 83.6 Å². The highest BCUT2D eigenvalue weighted by molar-refractivity contribution is 6.06. The summed E-state index contributed by atoms with van der Waals surface area (Å²) >= 11 is 0. The maximum atomic E-state index is 13.7. The van der Waals surface area contributed by atoms with Crippen LogP contribution in [0.4, 0.5) is 13.2 Å². The average molecular weight is 464 g/mol. The van der Waals surface area contributed by atoms with Gasteiger partial charge in [-0.05, 0) is 36.5 Å². The van der Waals surface area contributed by atoms with Gasteiger partial charge in [-0.3, -0.25) is 9.48 Å². The van der Waals surface area contributed by atoms with Crippen LogP contribution in [0, 0.1) is 0 Å². The average Bonchev–Trinajstić information content (AvgIpc) is 3.24. The molecule has 4 aromatic rings. The number of hydrogen-bond acceptors (Lipinski definition) is 3. The largest absolute Gasteiger partial charge is 0.417 e. The molecule has 0 spiro atoms. The number of hydrogen-bond donors (Lipinski definition) is 0. The number of likely N-dealkylation sites (tertiary alicyclic amines) is 1. The van der Waals surface area contributed by atoms with Gasteiger partial charge in [-0.15, -0.1) is 0 Å². The minimum Gasteiger partial charge on any atom is -0.339 e. The Balaban J connectivity index is 1.50. The van der Waals surface area contributed by atoms with Gasteiger partial charge in [-0.25, -0.2) is 4.98 Å². The van der Waals surface area contributed by atoms with E-state index in [0.717, 1.165) is 18.9 Å². The Bertz CT molecular complexity index is 1340. The van der Waals surface area contributed by atoms with Gasteiger partial charge in [0.15, 0.2) is 5.65 Å². The van der Waals surface area contributed by atoms with Crippen molar-refractivity contribution in [1.29, 1.82) is 0 Å². The number of fused-ring (bicyclic) bond motifs is 1. The summed E-state index contributed by atoms with van der Waals surface area (Å²) in [5.41, 5.74) is 1.21. The molecular formula is C26H23F3N4O. The molecule has 1 aliphatic rings. The summed E-state index contributed by atoms with van der Waals surface area (Å²) in [7, 11) is 1.66. The molecule has 1 fully saturated rings. The number of carbonyl (C=O) groups excluding carboxylic acids is 1. The lowest BCUT2D eigenvalue weighted by Crippen LogP contribution is -2.38. The molecule has 2 aromatic heterocycles. The molecule has 0 N–H and O–H groups in total. The van der Waals surface area contributed by atoms with Gasteiger partial charge in [0.2, 0.25) is 0 Å². The van der Waals surface area contributed by atoms with Gasteiger partial charge >= 0.3 is 6.18 Å². The lowest BCUT2D eigenvalue weighted by atomic mass is 9.89. The highest BCUT2D eigenvalue weighted by Gasteiger charge is 2.34. The second-order valence-electron chi connectivity index (χ2n) is 8.58. The van der Waals surface area contributed by atoms with Gasteiger partial charge in [-0.1, -0.05) is 48.5 Å². The number of rotatable bonds is 3. The third kappa shape index (κ3) is 4.04. The van der Waals surface area contributed by atoms with Crippen LogP contribution in [0.15, 0.2) is 66.9 Å². The van der Waals surface area contributed by atoms with Crippen LogP contribution in [0.1, 0.15) is 40.2 Å². The van der Waals surface area contributed by atoms with Crippen molar-refractivity contribution >= 4 is 16.9 Å². The van der Waals surface area contributed by atoms with Crippen molar-refractivity contribution in [2.75, 3.05) is 13.1 Å². The Morgan fingerprint density at radius 1 is 1.00 bits per heavy atom. The topological polar surface area (TPSA) is 51.0 Å². The fraction of sp³-hybridized carbons (Fsp3) is 0.269. The van der Waals surface area contributed by atoms with Gasteiger partial charge in [-0.2, -0.15) is 18.3 Å². The number of piperidine rings is 1. The molecule has 0 bridgehead atoms. The van der Waals surface area contributed by atoms with Gasteiger partial charge < -0.3 is 4.90 Å². The zero-order valence-electron chi connectivity index (χ0n) is 18.6. The molecule has 5 nitrogen and oxygen atoms in total. The van der Waals surface area contributed by atoms with Crippen molar-refractivity contribution in [2.45, 2.75) is 24.9 Å². The van der Waals surface area contributed by atoms with E-state index in [0.29, 0.717) is 35.6 Å². The van der Waals surface area contributed by atoms with E-state index in [4.69, 9.17) is 0 Å². The highest BCUT2D eigenvalue weighted by atomic mass is 19.4. The molecule has 1 amide bonds. The molecule has 1 saturated heterocycles. The predicted molar refractivity (Wildman–Crippen MR) is 123 cm³/mol. The van der Waals surface area contributed by atoms with E-state index in [2.05, 4.69) is 22.2 Å². The number of halogens is 3. The standard InChI is InChI=1S/C26H23F3N4O/c1-32-24-21(16-30-32)20(15-23(31-24)19-9-5-6-10-22(19)26(27,28)29)25(34)33-13-11-18(12-14-33)17-7-3-2-4-8-17/h2-10,15-16,18H,11-14H2,1H3. The van der Waals surface area contributed by atoms with Gasteiger partial charge in [0.1, 0.15) is 0 Å². The first kappa shape index (κ1) is 22.1. The van der Waals surface area contributed by atoms with E-state index < -0.39 is 11.7 Å².